The minimum absolute atomic E-state index is 0.653. The van der Waals surface area contributed by atoms with Gasteiger partial charge in [-0.15, -0.1) is 34.0 Å². The third kappa shape index (κ3) is 16.4. The number of hydrogen-bond donors (Lipinski definition) is 0. The van der Waals surface area contributed by atoms with Crippen LogP contribution >= 0.6 is 34.0 Å². The molecule has 0 saturated carbocycles. The molecule has 26 aromatic rings. The van der Waals surface area contributed by atoms with Gasteiger partial charge in [0.05, 0.1) is 0 Å². The van der Waals surface area contributed by atoms with Gasteiger partial charge in [0, 0.05) is 111 Å². The standard InChI is InChI=1S/2C43H27N3S.C39H25N3S/c1-3-13-28(14-4-1)41-44-42(29-15-5-2-6-16-29)46-43(45-41)36-26-25-32(34-19-7-8-20-35(34)36)30-17-11-18-31(27-30)33-22-12-24-39-40(33)37-21-9-10-23-38(37)47-39;1-3-12-29(13-4-1)41-44-42(30-14-5-2-6-15-30)46-43(45-41)31-24-22-28(23-25-31)32-26-27-35(34-17-8-7-16-33(32)34)36-19-11-21-39-40(36)37-18-9-10-20-38(37)47-39;1-3-12-26(13-4-1)37-40-38(27-14-5-2-6-15-27)42-39(41-37)31-19-10-17-29(25-31)28-16-9-18-30(24-28)32-21-11-23-35-36(32)33-20-7-8-22-34(33)43-35/h2*1-27H;1-25H. The topological polar surface area (TPSA) is 116 Å². The fourth-order valence-corrected chi connectivity index (χ4v) is 22.1. The van der Waals surface area contributed by atoms with Gasteiger partial charge in [0.2, 0.25) is 0 Å². The Bertz CT molecular complexity index is 8850. The molecule has 0 spiro atoms. The third-order valence-corrected chi connectivity index (χ3v) is 28.7. The molecule has 12 heteroatoms. The number of nitrogens with zero attached hydrogens (tertiary/aromatic N) is 9. The normalized spacial score (nSPS) is 11.4. The SMILES string of the molecule is c1ccc(-c2nc(-c3ccccc3)nc(-c3ccc(-c4ccc(-c5cccc6sc7ccccc7c56)c5ccccc45)cc3)n2)cc1.c1ccc(-c2nc(-c3ccccc3)nc(-c3ccc(-c4cccc(-c5cccc6sc7ccccc7c56)c4)c4ccccc34)n2)cc1.c1ccc(-c2nc(-c3ccccc3)nc(-c3cccc(-c4cccc(-c5cccc6sc7ccccc7c56)c4)c3)n2)cc1. The van der Waals surface area contributed by atoms with Crippen molar-refractivity contribution in [1.82, 2.24) is 44.9 Å². The number of hydrogen-bond acceptors (Lipinski definition) is 12. The van der Waals surface area contributed by atoms with Crippen molar-refractivity contribution in [2.24, 2.45) is 0 Å². The molecule has 0 amide bonds. The quantitative estimate of drug-likeness (QED) is 0.0989. The first-order chi connectivity index (χ1) is 67.9. The molecule has 6 heterocycles. The molecule has 0 N–H and O–H groups in total. The summed E-state index contributed by atoms with van der Waals surface area (Å²) in [7, 11) is 0. The van der Waals surface area contributed by atoms with Crippen molar-refractivity contribution < 1.29 is 0 Å². The Morgan fingerprint density at radius 1 is 0.109 bits per heavy atom. The Morgan fingerprint density at radius 2 is 0.321 bits per heavy atom. The van der Waals surface area contributed by atoms with E-state index in [1.54, 1.807) is 0 Å². The van der Waals surface area contributed by atoms with E-state index in [0.717, 1.165) is 77.5 Å². The molecule has 0 aliphatic rings. The summed E-state index contributed by atoms with van der Waals surface area (Å²) in [5.74, 6) is 5.92. The Morgan fingerprint density at radius 3 is 0.693 bits per heavy atom. The zero-order valence-electron chi connectivity index (χ0n) is 73.9. The Kier molecular flexibility index (Phi) is 22.1. The van der Waals surface area contributed by atoms with Crippen molar-refractivity contribution in [2.75, 3.05) is 0 Å². The van der Waals surface area contributed by atoms with Gasteiger partial charge < -0.3 is 0 Å². The molecule has 0 aliphatic heterocycles. The van der Waals surface area contributed by atoms with Crippen molar-refractivity contribution in [3.63, 3.8) is 0 Å². The van der Waals surface area contributed by atoms with Crippen LogP contribution in [0.25, 0.3) is 251 Å². The molecule has 0 fully saturated rings. The highest BCUT2D eigenvalue weighted by Crippen LogP contribution is 2.48. The summed E-state index contributed by atoms with van der Waals surface area (Å²) in [5.41, 5.74) is 23.0. The third-order valence-electron chi connectivity index (χ3n) is 25.3. The number of benzene rings is 20. The van der Waals surface area contributed by atoms with E-state index in [4.69, 9.17) is 44.9 Å². The van der Waals surface area contributed by atoms with Crippen LogP contribution in [0, 0.1) is 0 Å². The maximum atomic E-state index is 5.03. The van der Waals surface area contributed by atoms with Gasteiger partial charge in [-0.3, -0.25) is 0 Å². The molecule has 9 nitrogen and oxygen atoms in total. The highest BCUT2D eigenvalue weighted by atomic mass is 32.1. The number of rotatable bonds is 15. The molecule has 0 radical (unpaired) electrons. The van der Waals surface area contributed by atoms with E-state index in [2.05, 4.69) is 297 Å². The fraction of sp³-hybridized carbons (Fsp3) is 0. The summed E-state index contributed by atoms with van der Waals surface area (Å²) < 4.78 is 7.89. The van der Waals surface area contributed by atoms with Gasteiger partial charge in [0.1, 0.15) is 0 Å². The van der Waals surface area contributed by atoms with Crippen LogP contribution in [0.5, 0.6) is 0 Å². The van der Waals surface area contributed by atoms with Crippen LogP contribution < -0.4 is 0 Å². The van der Waals surface area contributed by atoms with Gasteiger partial charge in [-0.25, -0.2) is 44.9 Å². The van der Waals surface area contributed by atoms with E-state index < -0.39 is 0 Å². The lowest BCUT2D eigenvalue weighted by Gasteiger charge is -2.14. The minimum atomic E-state index is 0.653. The van der Waals surface area contributed by atoms with Gasteiger partial charge >= 0.3 is 0 Å². The van der Waals surface area contributed by atoms with Gasteiger partial charge in [-0.2, -0.15) is 0 Å². The molecule has 6 aromatic heterocycles. The van der Waals surface area contributed by atoms with Crippen molar-refractivity contribution >= 4 is 116 Å². The summed E-state index contributed by atoms with van der Waals surface area (Å²) in [5, 5.41) is 12.6. The molecule has 26 rings (SSSR count). The highest BCUT2D eigenvalue weighted by molar-refractivity contribution is 7.26. The first-order valence-electron chi connectivity index (χ1n) is 45.7. The Hall–Kier alpha value is -17.4. The highest BCUT2D eigenvalue weighted by Gasteiger charge is 2.23. The van der Waals surface area contributed by atoms with Crippen molar-refractivity contribution in [3.05, 3.63) is 479 Å². The maximum absolute atomic E-state index is 5.03. The predicted octanol–water partition coefficient (Wildman–Crippen LogP) is 34.0. The molecule has 0 unspecified atom stereocenters. The number of thiophene rings is 3. The van der Waals surface area contributed by atoms with Gasteiger partial charge in [-0.05, 0) is 149 Å². The second-order valence-corrected chi connectivity index (χ2v) is 36.9. The summed E-state index contributed by atoms with van der Waals surface area (Å²) in [4.78, 5) is 44.4. The van der Waals surface area contributed by atoms with E-state index in [-0.39, 0.29) is 0 Å². The average molecular weight is 1800 g/mol. The molecular weight excluding hydrogens is 1720 g/mol. The molecule has 20 aromatic carbocycles. The maximum Gasteiger partial charge on any atom is 0.164 e. The van der Waals surface area contributed by atoms with Crippen molar-refractivity contribution in [1.29, 1.82) is 0 Å². The van der Waals surface area contributed by atoms with E-state index >= 15 is 0 Å². The predicted molar refractivity (Wildman–Crippen MR) is 575 cm³/mol. The molecule has 0 saturated heterocycles. The zero-order chi connectivity index (χ0) is 90.9. The van der Waals surface area contributed by atoms with Crippen LogP contribution in [0.3, 0.4) is 0 Å². The molecule has 0 atom stereocenters. The van der Waals surface area contributed by atoms with Crippen LogP contribution in [-0.4, -0.2) is 44.9 Å². The minimum Gasteiger partial charge on any atom is -0.208 e. The first-order valence-corrected chi connectivity index (χ1v) is 48.1. The largest absolute Gasteiger partial charge is 0.208 e. The van der Waals surface area contributed by atoms with E-state index in [1.807, 2.05) is 216 Å². The van der Waals surface area contributed by atoms with Gasteiger partial charge in [0.25, 0.3) is 0 Å². The van der Waals surface area contributed by atoms with Crippen molar-refractivity contribution in [2.45, 2.75) is 0 Å². The number of fused-ring (bicyclic) bond motifs is 11. The van der Waals surface area contributed by atoms with Gasteiger partial charge in [0.15, 0.2) is 52.4 Å². The van der Waals surface area contributed by atoms with Crippen LogP contribution in [0.2, 0.25) is 0 Å². The summed E-state index contributed by atoms with van der Waals surface area (Å²) in [6, 6.07) is 168. The van der Waals surface area contributed by atoms with Gasteiger partial charge in [-0.1, -0.05) is 419 Å². The van der Waals surface area contributed by atoms with Crippen molar-refractivity contribution in [3.8, 4) is 169 Å². The first kappa shape index (κ1) is 82.7. The Labute approximate surface area is 803 Å². The molecule has 0 bridgehead atoms. The lowest BCUT2D eigenvalue weighted by molar-refractivity contribution is 1.07. The second kappa shape index (κ2) is 36.6. The smallest absolute Gasteiger partial charge is 0.164 e. The average Bonchev–Trinajstić information content (AvgIpc) is 1.66. The number of aromatic nitrogens is 9. The molecule has 137 heavy (non-hydrogen) atoms. The lowest BCUT2D eigenvalue weighted by atomic mass is 9.90. The monoisotopic (exact) mass is 1800 g/mol. The fourth-order valence-electron chi connectivity index (χ4n) is 18.7. The van der Waals surface area contributed by atoms with Crippen LogP contribution in [0.1, 0.15) is 0 Å². The van der Waals surface area contributed by atoms with E-state index in [9.17, 15) is 0 Å². The van der Waals surface area contributed by atoms with Crippen LogP contribution in [0.4, 0.5) is 0 Å². The van der Waals surface area contributed by atoms with E-state index in [0.29, 0.717) is 52.4 Å². The molecular formula is C125H79N9S3. The zero-order valence-corrected chi connectivity index (χ0v) is 76.3. The summed E-state index contributed by atoms with van der Waals surface area (Å²) in [6.45, 7) is 0. The summed E-state index contributed by atoms with van der Waals surface area (Å²) >= 11 is 5.57. The summed E-state index contributed by atoms with van der Waals surface area (Å²) in [6.07, 6.45) is 0. The van der Waals surface area contributed by atoms with Crippen LogP contribution in [-0.2, 0) is 0 Å². The second-order valence-electron chi connectivity index (χ2n) is 33.7. The molecule has 0 aliphatic carbocycles. The van der Waals surface area contributed by atoms with Crippen LogP contribution in [0.15, 0.2) is 479 Å². The lowest BCUT2D eigenvalue weighted by Crippen LogP contribution is -2.00. The molecule has 642 valence electrons. The van der Waals surface area contributed by atoms with E-state index in [1.165, 1.54) is 121 Å². The Balaban J connectivity index is 0.000000112.